The molecule has 2 heterocycles. The smallest absolute Gasteiger partial charge is 0.317 e. The van der Waals surface area contributed by atoms with Crippen LogP contribution in [0.25, 0.3) is 0 Å². The number of aromatic nitrogens is 1. The molecular weight excluding hydrogens is 332 g/mol. The standard InChI is InChI=1S/C19H30N4O3/c1-14-11-23(8-7-22(14)12-15(2)24)19(25)21-10-17-5-6-18(20-9-17)26-13-16-3-4-16/h5-6,9,14-16,24H,3-4,7-8,10-13H2,1-2H3,(H,21,25)/t14-,15-/m0/s1. The molecule has 0 unspecified atom stereocenters. The van der Waals surface area contributed by atoms with Crippen LogP contribution in [-0.4, -0.2) is 70.9 Å². The Bertz CT molecular complexity index is 589. The fourth-order valence-corrected chi connectivity index (χ4v) is 3.17. The molecule has 0 spiro atoms. The topological polar surface area (TPSA) is 77.9 Å². The SMILES string of the molecule is C[C@H](O)CN1CCN(C(=O)NCc2ccc(OCC3CC3)nc2)C[C@@H]1C. The van der Waals surface area contributed by atoms with Crippen LogP contribution < -0.4 is 10.1 Å². The molecule has 0 bridgehead atoms. The van der Waals surface area contributed by atoms with Crippen molar-refractivity contribution in [2.45, 2.75) is 45.4 Å². The third-order valence-corrected chi connectivity index (χ3v) is 4.96. The Kier molecular flexibility index (Phi) is 6.32. The van der Waals surface area contributed by atoms with Gasteiger partial charge in [-0.25, -0.2) is 9.78 Å². The number of hydrogen-bond donors (Lipinski definition) is 2. The Labute approximate surface area is 155 Å². The lowest BCUT2D eigenvalue weighted by Crippen LogP contribution is -2.56. The lowest BCUT2D eigenvalue weighted by Gasteiger charge is -2.40. The highest BCUT2D eigenvalue weighted by Crippen LogP contribution is 2.29. The highest BCUT2D eigenvalue weighted by molar-refractivity contribution is 5.74. The molecule has 1 aromatic heterocycles. The molecule has 26 heavy (non-hydrogen) atoms. The molecule has 2 aliphatic rings. The fraction of sp³-hybridized carbons (Fsp3) is 0.684. The summed E-state index contributed by atoms with van der Waals surface area (Å²) < 4.78 is 5.63. The summed E-state index contributed by atoms with van der Waals surface area (Å²) in [6, 6.07) is 4.00. The molecule has 1 aliphatic heterocycles. The molecule has 3 rings (SSSR count). The third kappa shape index (κ3) is 5.57. The zero-order chi connectivity index (χ0) is 18.5. The molecular formula is C19H30N4O3. The first-order valence-corrected chi connectivity index (χ1v) is 9.54. The van der Waals surface area contributed by atoms with Crippen molar-refractivity contribution >= 4 is 6.03 Å². The van der Waals surface area contributed by atoms with Gasteiger partial charge in [0.25, 0.3) is 0 Å². The molecule has 2 N–H and O–H groups in total. The first-order chi connectivity index (χ1) is 12.5. The van der Waals surface area contributed by atoms with Gasteiger partial charge in [-0.2, -0.15) is 0 Å². The van der Waals surface area contributed by atoms with Gasteiger partial charge in [-0.05, 0) is 38.2 Å². The molecule has 2 amide bonds. The van der Waals surface area contributed by atoms with Gasteiger partial charge in [0.1, 0.15) is 0 Å². The first-order valence-electron chi connectivity index (χ1n) is 9.54. The van der Waals surface area contributed by atoms with Crippen LogP contribution in [0.3, 0.4) is 0 Å². The number of carbonyl (C=O) groups is 1. The summed E-state index contributed by atoms with van der Waals surface area (Å²) in [6.07, 6.45) is 3.93. The summed E-state index contributed by atoms with van der Waals surface area (Å²) in [4.78, 5) is 20.8. The highest BCUT2D eigenvalue weighted by atomic mass is 16.5. The molecule has 0 radical (unpaired) electrons. The van der Waals surface area contributed by atoms with E-state index in [0.29, 0.717) is 38.0 Å². The molecule has 2 fully saturated rings. The maximum absolute atomic E-state index is 12.4. The lowest BCUT2D eigenvalue weighted by molar-refractivity contribution is 0.0566. The number of aliphatic hydroxyl groups is 1. The van der Waals surface area contributed by atoms with E-state index < -0.39 is 0 Å². The van der Waals surface area contributed by atoms with Gasteiger partial charge in [0, 0.05) is 51.0 Å². The van der Waals surface area contributed by atoms with Crippen molar-refractivity contribution in [3.63, 3.8) is 0 Å². The maximum atomic E-state index is 12.4. The summed E-state index contributed by atoms with van der Waals surface area (Å²) in [7, 11) is 0. The summed E-state index contributed by atoms with van der Waals surface area (Å²) in [5.74, 6) is 1.36. The van der Waals surface area contributed by atoms with Crippen LogP contribution in [-0.2, 0) is 6.54 Å². The monoisotopic (exact) mass is 362 g/mol. The van der Waals surface area contributed by atoms with E-state index >= 15 is 0 Å². The largest absolute Gasteiger partial charge is 0.477 e. The zero-order valence-corrected chi connectivity index (χ0v) is 15.7. The van der Waals surface area contributed by atoms with Crippen molar-refractivity contribution in [3.05, 3.63) is 23.9 Å². The minimum Gasteiger partial charge on any atom is -0.477 e. The van der Waals surface area contributed by atoms with Crippen LogP contribution in [0.1, 0.15) is 32.3 Å². The number of carbonyl (C=O) groups excluding carboxylic acids is 1. The Morgan fingerprint density at radius 2 is 2.23 bits per heavy atom. The summed E-state index contributed by atoms with van der Waals surface area (Å²) in [5, 5.41) is 12.5. The van der Waals surface area contributed by atoms with Crippen LogP contribution in [0.4, 0.5) is 4.79 Å². The Balaban J connectivity index is 1.40. The molecule has 1 saturated heterocycles. The Hall–Kier alpha value is -1.86. The van der Waals surface area contributed by atoms with Crippen molar-refractivity contribution in [1.82, 2.24) is 20.1 Å². The minimum absolute atomic E-state index is 0.0531. The number of amides is 2. The summed E-state index contributed by atoms with van der Waals surface area (Å²) in [5.41, 5.74) is 0.956. The maximum Gasteiger partial charge on any atom is 0.317 e. The van der Waals surface area contributed by atoms with E-state index in [2.05, 4.69) is 22.1 Å². The van der Waals surface area contributed by atoms with Crippen LogP contribution in [0.15, 0.2) is 18.3 Å². The number of nitrogens with one attached hydrogen (secondary N) is 1. The normalized spacial score (nSPS) is 22.1. The number of aliphatic hydroxyl groups excluding tert-OH is 1. The van der Waals surface area contributed by atoms with E-state index in [9.17, 15) is 9.90 Å². The van der Waals surface area contributed by atoms with Gasteiger partial charge in [-0.1, -0.05) is 6.07 Å². The third-order valence-electron chi connectivity index (χ3n) is 4.96. The van der Waals surface area contributed by atoms with Crippen molar-refractivity contribution in [1.29, 1.82) is 0 Å². The number of urea groups is 1. The molecule has 7 nitrogen and oxygen atoms in total. The van der Waals surface area contributed by atoms with Crippen molar-refractivity contribution in [2.24, 2.45) is 5.92 Å². The first kappa shape index (κ1) is 18.9. The number of hydrogen-bond acceptors (Lipinski definition) is 5. The van der Waals surface area contributed by atoms with Crippen LogP contribution in [0.2, 0.25) is 0 Å². The van der Waals surface area contributed by atoms with Crippen LogP contribution in [0, 0.1) is 5.92 Å². The van der Waals surface area contributed by atoms with Crippen LogP contribution in [0.5, 0.6) is 5.88 Å². The van der Waals surface area contributed by atoms with E-state index in [0.717, 1.165) is 18.7 Å². The van der Waals surface area contributed by atoms with Gasteiger partial charge in [0.2, 0.25) is 5.88 Å². The number of pyridine rings is 1. The van der Waals surface area contributed by atoms with Crippen molar-refractivity contribution < 1.29 is 14.6 Å². The van der Waals surface area contributed by atoms with E-state index in [1.165, 1.54) is 12.8 Å². The summed E-state index contributed by atoms with van der Waals surface area (Å²) >= 11 is 0. The minimum atomic E-state index is -0.346. The molecule has 0 aromatic carbocycles. The van der Waals surface area contributed by atoms with Crippen LogP contribution >= 0.6 is 0 Å². The second-order valence-corrected chi connectivity index (χ2v) is 7.56. The van der Waals surface area contributed by atoms with Gasteiger partial charge >= 0.3 is 6.03 Å². The fourth-order valence-electron chi connectivity index (χ4n) is 3.17. The predicted molar refractivity (Wildman–Crippen MR) is 99.0 cm³/mol. The molecule has 144 valence electrons. The van der Waals surface area contributed by atoms with Gasteiger partial charge < -0.3 is 20.1 Å². The second-order valence-electron chi connectivity index (χ2n) is 7.56. The summed E-state index contributed by atoms with van der Waals surface area (Å²) in [6.45, 7) is 7.87. The van der Waals surface area contributed by atoms with E-state index in [1.54, 1.807) is 13.1 Å². The average Bonchev–Trinajstić information content (AvgIpc) is 3.44. The molecule has 1 aliphatic carbocycles. The molecule has 1 saturated carbocycles. The number of nitrogens with zero attached hydrogens (tertiary/aromatic N) is 3. The Morgan fingerprint density at radius 3 is 2.85 bits per heavy atom. The number of piperazine rings is 1. The van der Waals surface area contributed by atoms with E-state index in [1.807, 2.05) is 17.0 Å². The van der Waals surface area contributed by atoms with E-state index in [4.69, 9.17) is 4.74 Å². The van der Waals surface area contributed by atoms with Gasteiger partial charge in [0.15, 0.2) is 0 Å². The van der Waals surface area contributed by atoms with Gasteiger partial charge in [-0.3, -0.25) is 4.90 Å². The van der Waals surface area contributed by atoms with E-state index in [-0.39, 0.29) is 18.2 Å². The average molecular weight is 362 g/mol. The van der Waals surface area contributed by atoms with Gasteiger partial charge in [-0.15, -0.1) is 0 Å². The van der Waals surface area contributed by atoms with Crippen molar-refractivity contribution in [3.8, 4) is 5.88 Å². The second kappa shape index (κ2) is 8.68. The molecule has 2 atom stereocenters. The molecule has 7 heteroatoms. The Morgan fingerprint density at radius 1 is 1.42 bits per heavy atom. The quantitative estimate of drug-likeness (QED) is 0.768. The lowest BCUT2D eigenvalue weighted by atomic mass is 10.2. The zero-order valence-electron chi connectivity index (χ0n) is 15.7. The van der Waals surface area contributed by atoms with Crippen molar-refractivity contribution in [2.75, 3.05) is 32.8 Å². The number of ether oxygens (including phenoxy) is 1. The highest BCUT2D eigenvalue weighted by Gasteiger charge is 2.27. The number of rotatable bonds is 7. The number of β-amino-alcohol motifs (C(OH)–C–C–N with tert-alkyl or cyclic N) is 1. The molecule has 1 aromatic rings. The van der Waals surface area contributed by atoms with Gasteiger partial charge in [0.05, 0.1) is 12.7 Å². The predicted octanol–water partition coefficient (Wildman–Crippen LogP) is 1.47.